The van der Waals surface area contributed by atoms with Crippen LogP contribution in [-0.4, -0.2) is 13.2 Å². The molecule has 1 fully saturated rings. The van der Waals surface area contributed by atoms with E-state index in [-0.39, 0.29) is 6.04 Å². The molecule has 1 aromatic rings. The van der Waals surface area contributed by atoms with Gasteiger partial charge >= 0.3 is 0 Å². The number of nitriles is 1. The maximum Gasteiger partial charge on any atom is 0.123 e. The number of aryl methyl sites for hydroxylation is 1. The standard InChI is InChI=1S/C13H16N2O/c1-2-10-3-5-11(6-4-10)12(15)13(7-14)8-16-9-13/h3-6,12H,2,8-9,15H2,1H3. The SMILES string of the molecule is CCc1ccc(C(N)C2(C#N)COC2)cc1. The van der Waals surface area contributed by atoms with Gasteiger partial charge in [-0.05, 0) is 17.5 Å². The van der Waals surface area contributed by atoms with Crippen LogP contribution in [0.3, 0.4) is 0 Å². The molecule has 0 aliphatic carbocycles. The molecule has 2 rings (SSSR count). The van der Waals surface area contributed by atoms with Crippen LogP contribution >= 0.6 is 0 Å². The van der Waals surface area contributed by atoms with E-state index in [0.717, 1.165) is 12.0 Å². The summed E-state index contributed by atoms with van der Waals surface area (Å²) in [4.78, 5) is 0. The van der Waals surface area contributed by atoms with Gasteiger partial charge in [-0.1, -0.05) is 31.2 Å². The molecule has 1 saturated heterocycles. The Hall–Kier alpha value is -1.37. The largest absolute Gasteiger partial charge is 0.378 e. The van der Waals surface area contributed by atoms with Gasteiger partial charge in [0.2, 0.25) is 0 Å². The summed E-state index contributed by atoms with van der Waals surface area (Å²) >= 11 is 0. The summed E-state index contributed by atoms with van der Waals surface area (Å²) in [5.74, 6) is 0. The fourth-order valence-corrected chi connectivity index (χ4v) is 1.92. The zero-order chi connectivity index (χ0) is 11.6. The zero-order valence-electron chi connectivity index (χ0n) is 9.44. The molecule has 3 nitrogen and oxygen atoms in total. The first-order chi connectivity index (χ1) is 7.72. The van der Waals surface area contributed by atoms with Crippen molar-refractivity contribution in [2.45, 2.75) is 19.4 Å². The normalized spacial score (nSPS) is 19.6. The molecule has 1 unspecified atom stereocenters. The van der Waals surface area contributed by atoms with Gasteiger partial charge in [-0.3, -0.25) is 0 Å². The Labute approximate surface area is 95.8 Å². The van der Waals surface area contributed by atoms with Crippen molar-refractivity contribution in [1.29, 1.82) is 5.26 Å². The number of nitrogens with zero attached hydrogens (tertiary/aromatic N) is 1. The number of rotatable bonds is 3. The van der Waals surface area contributed by atoms with Crippen LogP contribution < -0.4 is 5.73 Å². The Balaban J connectivity index is 2.20. The quantitative estimate of drug-likeness (QED) is 0.838. The zero-order valence-corrected chi connectivity index (χ0v) is 9.44. The summed E-state index contributed by atoms with van der Waals surface area (Å²) in [6, 6.07) is 10.2. The van der Waals surface area contributed by atoms with Crippen molar-refractivity contribution in [1.82, 2.24) is 0 Å². The second-order valence-electron chi connectivity index (χ2n) is 4.33. The van der Waals surface area contributed by atoms with Gasteiger partial charge in [0, 0.05) is 0 Å². The molecule has 16 heavy (non-hydrogen) atoms. The highest BCUT2D eigenvalue weighted by Crippen LogP contribution is 2.38. The minimum atomic E-state index is -0.520. The number of benzene rings is 1. The maximum absolute atomic E-state index is 9.16. The molecule has 1 aromatic carbocycles. The number of nitrogens with two attached hydrogens (primary N) is 1. The van der Waals surface area contributed by atoms with E-state index in [1.807, 2.05) is 12.1 Å². The second-order valence-corrected chi connectivity index (χ2v) is 4.33. The van der Waals surface area contributed by atoms with Gasteiger partial charge in [0.05, 0.1) is 25.3 Å². The van der Waals surface area contributed by atoms with Crippen molar-refractivity contribution in [3.63, 3.8) is 0 Å². The lowest BCUT2D eigenvalue weighted by atomic mass is 9.77. The molecule has 0 bridgehead atoms. The first-order valence-corrected chi connectivity index (χ1v) is 5.55. The third-order valence-corrected chi connectivity index (χ3v) is 3.28. The van der Waals surface area contributed by atoms with Crippen LogP contribution in [0, 0.1) is 16.7 Å². The third-order valence-electron chi connectivity index (χ3n) is 3.28. The lowest BCUT2D eigenvalue weighted by Crippen LogP contribution is -2.49. The molecule has 84 valence electrons. The molecular weight excluding hydrogens is 200 g/mol. The molecule has 0 amide bonds. The van der Waals surface area contributed by atoms with Crippen molar-refractivity contribution in [3.05, 3.63) is 35.4 Å². The van der Waals surface area contributed by atoms with Crippen LogP contribution in [0.15, 0.2) is 24.3 Å². The molecule has 0 spiro atoms. The average Bonchev–Trinajstić information content (AvgIpc) is 2.28. The summed E-state index contributed by atoms with van der Waals surface area (Å²) in [6.07, 6.45) is 1.02. The highest BCUT2D eigenvalue weighted by Gasteiger charge is 2.45. The minimum absolute atomic E-state index is 0.253. The molecule has 1 atom stereocenters. The molecular formula is C13H16N2O. The third kappa shape index (κ3) is 1.71. The van der Waals surface area contributed by atoms with Gasteiger partial charge in [-0.15, -0.1) is 0 Å². The van der Waals surface area contributed by atoms with Gasteiger partial charge in [-0.25, -0.2) is 0 Å². The van der Waals surface area contributed by atoms with E-state index < -0.39 is 5.41 Å². The second kappa shape index (κ2) is 4.25. The maximum atomic E-state index is 9.16. The summed E-state index contributed by atoms with van der Waals surface area (Å²) in [7, 11) is 0. The monoisotopic (exact) mass is 216 g/mol. The first kappa shape index (κ1) is 11.1. The van der Waals surface area contributed by atoms with E-state index in [1.165, 1.54) is 5.56 Å². The van der Waals surface area contributed by atoms with E-state index in [2.05, 4.69) is 25.1 Å². The Morgan fingerprint density at radius 1 is 1.44 bits per heavy atom. The van der Waals surface area contributed by atoms with E-state index in [9.17, 15) is 0 Å². The average molecular weight is 216 g/mol. The Morgan fingerprint density at radius 2 is 2.06 bits per heavy atom. The summed E-state index contributed by atoms with van der Waals surface area (Å²) in [5.41, 5.74) is 7.91. The van der Waals surface area contributed by atoms with Crippen molar-refractivity contribution in [3.8, 4) is 6.07 Å². The van der Waals surface area contributed by atoms with Crippen LogP contribution in [0.2, 0.25) is 0 Å². The lowest BCUT2D eigenvalue weighted by molar-refractivity contribution is -0.0910. The highest BCUT2D eigenvalue weighted by molar-refractivity contribution is 5.29. The van der Waals surface area contributed by atoms with Gasteiger partial charge in [0.15, 0.2) is 0 Å². The van der Waals surface area contributed by atoms with Crippen molar-refractivity contribution in [2.24, 2.45) is 11.1 Å². The number of hydrogen-bond acceptors (Lipinski definition) is 3. The fourth-order valence-electron chi connectivity index (χ4n) is 1.92. The molecule has 3 heteroatoms. The van der Waals surface area contributed by atoms with E-state index >= 15 is 0 Å². The molecule has 0 aromatic heterocycles. The lowest BCUT2D eigenvalue weighted by Gasteiger charge is -2.39. The molecule has 1 aliphatic rings. The highest BCUT2D eigenvalue weighted by atomic mass is 16.5. The van der Waals surface area contributed by atoms with Crippen LogP contribution in [0.25, 0.3) is 0 Å². The molecule has 1 aliphatic heterocycles. The molecule has 0 saturated carbocycles. The summed E-state index contributed by atoms with van der Waals surface area (Å²) in [5, 5.41) is 9.16. The Morgan fingerprint density at radius 3 is 2.44 bits per heavy atom. The van der Waals surface area contributed by atoms with Crippen LogP contribution in [-0.2, 0) is 11.2 Å². The van der Waals surface area contributed by atoms with Crippen LogP contribution in [0.5, 0.6) is 0 Å². The Kier molecular flexibility index (Phi) is 2.95. The number of hydrogen-bond donors (Lipinski definition) is 1. The van der Waals surface area contributed by atoms with Crippen molar-refractivity contribution >= 4 is 0 Å². The van der Waals surface area contributed by atoms with E-state index in [1.54, 1.807) is 0 Å². The van der Waals surface area contributed by atoms with Crippen molar-refractivity contribution in [2.75, 3.05) is 13.2 Å². The fraction of sp³-hybridized carbons (Fsp3) is 0.462. The van der Waals surface area contributed by atoms with Crippen molar-refractivity contribution < 1.29 is 4.74 Å². The summed E-state index contributed by atoms with van der Waals surface area (Å²) in [6.45, 7) is 3.01. The van der Waals surface area contributed by atoms with Gasteiger partial charge in [0.25, 0.3) is 0 Å². The number of ether oxygens (including phenoxy) is 1. The van der Waals surface area contributed by atoms with Gasteiger partial charge in [-0.2, -0.15) is 5.26 Å². The van der Waals surface area contributed by atoms with Crippen LogP contribution in [0.1, 0.15) is 24.1 Å². The summed E-state index contributed by atoms with van der Waals surface area (Å²) < 4.78 is 5.11. The predicted molar refractivity (Wildman–Crippen MR) is 61.6 cm³/mol. The van der Waals surface area contributed by atoms with Gasteiger partial charge in [0.1, 0.15) is 5.41 Å². The molecule has 2 N–H and O–H groups in total. The Bertz CT molecular complexity index is 401. The first-order valence-electron chi connectivity index (χ1n) is 5.55. The topological polar surface area (TPSA) is 59.0 Å². The smallest absolute Gasteiger partial charge is 0.123 e. The molecule has 0 radical (unpaired) electrons. The van der Waals surface area contributed by atoms with E-state index in [0.29, 0.717) is 13.2 Å². The van der Waals surface area contributed by atoms with Gasteiger partial charge < -0.3 is 10.5 Å². The predicted octanol–water partition coefficient (Wildman–Crippen LogP) is 1.79. The van der Waals surface area contributed by atoms with E-state index in [4.69, 9.17) is 15.7 Å². The minimum Gasteiger partial charge on any atom is -0.378 e. The molecule has 1 heterocycles. The van der Waals surface area contributed by atoms with Crippen LogP contribution in [0.4, 0.5) is 0 Å².